The molecule has 1 aliphatic rings. The average molecular weight is 310 g/mol. The van der Waals surface area contributed by atoms with E-state index >= 15 is 0 Å². The highest BCUT2D eigenvalue weighted by Gasteiger charge is 2.43. The Labute approximate surface area is 126 Å². The Bertz CT molecular complexity index is 580. The van der Waals surface area contributed by atoms with Crippen molar-refractivity contribution in [3.63, 3.8) is 0 Å². The Morgan fingerprint density at radius 3 is 2.43 bits per heavy atom. The van der Waals surface area contributed by atoms with Crippen molar-refractivity contribution in [3.05, 3.63) is 35.9 Å². The summed E-state index contributed by atoms with van der Waals surface area (Å²) in [6.45, 7) is 0.353. The molecular weight excluding hydrogens is 288 g/mol. The molecule has 0 atom stereocenters. The lowest BCUT2D eigenvalue weighted by atomic mass is 9.64. The van der Waals surface area contributed by atoms with Gasteiger partial charge in [0.1, 0.15) is 0 Å². The maximum Gasteiger partial charge on any atom is 0.226 e. The maximum atomic E-state index is 12.4. The standard InChI is InChI=1S/C15H22N2O3S/c16-21(19,20)11-5-10-17-14(18)15(8-4-9-15)12-13-6-2-1-3-7-13/h1-3,6-7H,4-5,8-12H2,(H,17,18)(H2,16,19,20). The lowest BCUT2D eigenvalue weighted by Crippen LogP contribution is -2.47. The number of hydrogen-bond donors (Lipinski definition) is 2. The Kier molecular flexibility index (Phi) is 5.00. The van der Waals surface area contributed by atoms with Crippen molar-refractivity contribution in [2.75, 3.05) is 12.3 Å². The molecule has 1 fully saturated rings. The summed E-state index contributed by atoms with van der Waals surface area (Å²) in [7, 11) is -3.45. The average Bonchev–Trinajstić information content (AvgIpc) is 2.39. The third-order valence-electron chi connectivity index (χ3n) is 4.07. The number of benzene rings is 1. The second-order valence-corrected chi connectivity index (χ2v) is 7.51. The van der Waals surface area contributed by atoms with Crippen molar-refractivity contribution in [3.8, 4) is 0 Å². The van der Waals surface area contributed by atoms with Crippen LogP contribution in [0, 0.1) is 5.41 Å². The predicted molar refractivity (Wildman–Crippen MR) is 82.0 cm³/mol. The summed E-state index contributed by atoms with van der Waals surface area (Å²) in [5, 5.41) is 7.80. The van der Waals surface area contributed by atoms with Crippen LogP contribution in [-0.4, -0.2) is 26.6 Å². The van der Waals surface area contributed by atoms with Gasteiger partial charge >= 0.3 is 0 Å². The number of rotatable bonds is 7. The minimum Gasteiger partial charge on any atom is -0.356 e. The molecule has 1 aromatic rings. The van der Waals surface area contributed by atoms with E-state index in [1.165, 1.54) is 0 Å². The molecule has 1 aliphatic carbocycles. The molecular formula is C15H22N2O3S. The molecule has 1 amide bonds. The van der Waals surface area contributed by atoms with Gasteiger partial charge in [0.25, 0.3) is 0 Å². The van der Waals surface area contributed by atoms with Gasteiger partial charge in [-0.25, -0.2) is 13.6 Å². The van der Waals surface area contributed by atoms with Crippen LogP contribution in [0.1, 0.15) is 31.2 Å². The first-order valence-electron chi connectivity index (χ1n) is 7.24. The molecule has 5 nitrogen and oxygen atoms in total. The molecule has 0 unspecified atom stereocenters. The third-order valence-corrected chi connectivity index (χ3v) is 4.93. The molecule has 0 saturated heterocycles. The smallest absolute Gasteiger partial charge is 0.226 e. The molecule has 0 aliphatic heterocycles. The fourth-order valence-corrected chi connectivity index (χ4v) is 3.28. The molecule has 1 aromatic carbocycles. The molecule has 0 heterocycles. The summed E-state index contributed by atoms with van der Waals surface area (Å²) in [6.07, 6.45) is 3.95. The molecule has 0 aromatic heterocycles. The van der Waals surface area contributed by atoms with Crippen molar-refractivity contribution >= 4 is 15.9 Å². The van der Waals surface area contributed by atoms with Gasteiger partial charge < -0.3 is 5.32 Å². The largest absolute Gasteiger partial charge is 0.356 e. The fourth-order valence-electron chi connectivity index (χ4n) is 2.74. The lowest BCUT2D eigenvalue weighted by Gasteiger charge is -2.40. The molecule has 0 radical (unpaired) electrons. The Hall–Kier alpha value is -1.40. The van der Waals surface area contributed by atoms with Gasteiger partial charge in [-0.15, -0.1) is 0 Å². The van der Waals surface area contributed by atoms with E-state index in [0.29, 0.717) is 13.0 Å². The number of carbonyl (C=O) groups excluding carboxylic acids is 1. The minimum absolute atomic E-state index is 0.0343. The van der Waals surface area contributed by atoms with E-state index in [1.54, 1.807) is 0 Å². The van der Waals surface area contributed by atoms with E-state index in [-0.39, 0.29) is 17.1 Å². The number of hydrogen-bond acceptors (Lipinski definition) is 3. The van der Waals surface area contributed by atoms with Gasteiger partial charge in [-0.3, -0.25) is 4.79 Å². The highest BCUT2D eigenvalue weighted by atomic mass is 32.2. The Morgan fingerprint density at radius 1 is 1.24 bits per heavy atom. The van der Waals surface area contributed by atoms with Crippen LogP contribution >= 0.6 is 0 Å². The first kappa shape index (κ1) is 16.0. The van der Waals surface area contributed by atoms with Gasteiger partial charge in [-0.05, 0) is 31.2 Å². The summed E-state index contributed by atoms with van der Waals surface area (Å²) in [5.41, 5.74) is 0.847. The molecule has 1 saturated carbocycles. The van der Waals surface area contributed by atoms with Gasteiger partial charge in [-0.2, -0.15) is 0 Å². The van der Waals surface area contributed by atoms with E-state index in [2.05, 4.69) is 5.32 Å². The Morgan fingerprint density at radius 2 is 1.90 bits per heavy atom. The van der Waals surface area contributed by atoms with Gasteiger partial charge in [-0.1, -0.05) is 36.8 Å². The monoisotopic (exact) mass is 310 g/mol. The molecule has 0 bridgehead atoms. The van der Waals surface area contributed by atoms with Crippen molar-refractivity contribution in [1.29, 1.82) is 0 Å². The first-order valence-corrected chi connectivity index (χ1v) is 8.96. The van der Waals surface area contributed by atoms with Crippen LogP contribution in [0.2, 0.25) is 0 Å². The number of sulfonamides is 1. The van der Waals surface area contributed by atoms with Crippen LogP contribution in [-0.2, 0) is 21.2 Å². The molecule has 2 rings (SSSR count). The highest BCUT2D eigenvalue weighted by molar-refractivity contribution is 7.89. The van der Waals surface area contributed by atoms with E-state index in [9.17, 15) is 13.2 Å². The predicted octanol–water partition coefficient (Wildman–Crippen LogP) is 1.19. The molecule has 21 heavy (non-hydrogen) atoms. The summed E-state index contributed by atoms with van der Waals surface area (Å²) in [4.78, 5) is 12.4. The first-order chi connectivity index (χ1) is 9.91. The maximum absolute atomic E-state index is 12.4. The normalized spacial score (nSPS) is 17.0. The number of amides is 1. The SMILES string of the molecule is NS(=O)(=O)CCCNC(=O)C1(Cc2ccccc2)CCC1. The quantitative estimate of drug-likeness (QED) is 0.741. The van der Waals surface area contributed by atoms with E-state index in [1.807, 2.05) is 30.3 Å². The minimum atomic E-state index is -3.45. The van der Waals surface area contributed by atoms with Crippen LogP contribution in [0.25, 0.3) is 0 Å². The number of carbonyl (C=O) groups is 1. The lowest BCUT2D eigenvalue weighted by molar-refractivity contribution is -0.135. The Balaban J connectivity index is 1.87. The van der Waals surface area contributed by atoms with Crippen LogP contribution in [0.15, 0.2) is 30.3 Å². The number of nitrogens with one attached hydrogen (secondary N) is 1. The zero-order chi connectivity index (χ0) is 15.3. The summed E-state index contributed by atoms with van der Waals surface area (Å²) < 4.78 is 21.7. The van der Waals surface area contributed by atoms with Crippen molar-refractivity contribution in [2.24, 2.45) is 10.6 Å². The summed E-state index contributed by atoms with van der Waals surface area (Å²) >= 11 is 0. The van der Waals surface area contributed by atoms with Crippen molar-refractivity contribution < 1.29 is 13.2 Å². The van der Waals surface area contributed by atoms with Crippen LogP contribution in [0.3, 0.4) is 0 Å². The van der Waals surface area contributed by atoms with Gasteiger partial charge in [0, 0.05) is 6.54 Å². The van der Waals surface area contributed by atoms with E-state index < -0.39 is 10.0 Å². The number of primary sulfonamides is 1. The van der Waals surface area contributed by atoms with Gasteiger partial charge in [0.05, 0.1) is 11.2 Å². The van der Waals surface area contributed by atoms with Gasteiger partial charge in [0.2, 0.25) is 15.9 Å². The topological polar surface area (TPSA) is 89.3 Å². The second kappa shape index (κ2) is 6.58. The summed E-state index contributed by atoms with van der Waals surface area (Å²) in [6, 6.07) is 9.99. The van der Waals surface area contributed by atoms with Crippen molar-refractivity contribution in [2.45, 2.75) is 32.1 Å². The molecule has 6 heteroatoms. The molecule has 0 spiro atoms. The van der Waals surface area contributed by atoms with Crippen molar-refractivity contribution in [1.82, 2.24) is 5.32 Å². The summed E-state index contributed by atoms with van der Waals surface area (Å²) in [5.74, 6) is -0.0640. The third kappa shape index (κ3) is 4.54. The molecule has 3 N–H and O–H groups in total. The van der Waals surface area contributed by atoms with Crippen LogP contribution < -0.4 is 10.5 Å². The van der Waals surface area contributed by atoms with Crippen LogP contribution in [0.5, 0.6) is 0 Å². The van der Waals surface area contributed by atoms with Crippen LogP contribution in [0.4, 0.5) is 0 Å². The van der Waals surface area contributed by atoms with Gasteiger partial charge in [0.15, 0.2) is 0 Å². The zero-order valence-electron chi connectivity index (χ0n) is 12.0. The second-order valence-electron chi connectivity index (χ2n) is 5.77. The van der Waals surface area contributed by atoms with E-state index in [4.69, 9.17) is 5.14 Å². The highest BCUT2D eigenvalue weighted by Crippen LogP contribution is 2.43. The van der Waals surface area contributed by atoms with E-state index in [0.717, 1.165) is 31.2 Å². The molecule has 116 valence electrons. The zero-order valence-corrected chi connectivity index (χ0v) is 12.9. The fraction of sp³-hybridized carbons (Fsp3) is 0.533. The number of nitrogens with two attached hydrogens (primary N) is 1.